The summed E-state index contributed by atoms with van der Waals surface area (Å²) in [5.74, 6) is 0.889. The van der Waals surface area contributed by atoms with Gasteiger partial charge in [0.2, 0.25) is 0 Å². The van der Waals surface area contributed by atoms with Gasteiger partial charge in [-0.25, -0.2) is 0 Å². The van der Waals surface area contributed by atoms with Crippen molar-refractivity contribution in [3.63, 3.8) is 0 Å². The first kappa shape index (κ1) is 12.3. The quantitative estimate of drug-likeness (QED) is 0.792. The molecule has 2 heterocycles. The Kier molecular flexibility index (Phi) is 3.88. The van der Waals surface area contributed by atoms with Crippen LogP contribution < -0.4 is 5.73 Å². The molecule has 0 spiro atoms. The summed E-state index contributed by atoms with van der Waals surface area (Å²) in [7, 11) is 0. The minimum absolute atomic E-state index is 0.245. The Morgan fingerprint density at radius 3 is 2.81 bits per heavy atom. The molecule has 2 aliphatic rings. The van der Waals surface area contributed by atoms with Crippen LogP contribution in [0.2, 0.25) is 0 Å². The molecule has 2 aliphatic heterocycles. The zero-order chi connectivity index (χ0) is 11.6. The molecular formula is C13H26N2O. The van der Waals surface area contributed by atoms with E-state index >= 15 is 0 Å². The number of rotatable bonds is 3. The summed E-state index contributed by atoms with van der Waals surface area (Å²) in [6, 6.07) is 0.716. The molecule has 0 bridgehead atoms. The molecule has 0 aromatic carbocycles. The first-order valence-electron chi connectivity index (χ1n) is 6.67. The number of likely N-dealkylation sites (tertiary alicyclic amines) is 1. The first-order chi connectivity index (χ1) is 7.65. The van der Waals surface area contributed by atoms with Crippen molar-refractivity contribution < 1.29 is 4.74 Å². The highest BCUT2D eigenvalue weighted by molar-refractivity contribution is 4.90. The molecule has 2 rings (SSSR count). The van der Waals surface area contributed by atoms with Crippen LogP contribution in [0.25, 0.3) is 0 Å². The molecule has 0 amide bonds. The van der Waals surface area contributed by atoms with E-state index in [0.29, 0.717) is 6.04 Å². The number of nitrogens with zero attached hydrogens (tertiary/aromatic N) is 1. The SMILES string of the molecule is CC1CCN(CC2(CN)CCOC2)C(C)C1. The number of ether oxygens (including phenoxy) is 1. The molecule has 0 radical (unpaired) electrons. The lowest BCUT2D eigenvalue weighted by atomic mass is 9.84. The van der Waals surface area contributed by atoms with E-state index in [1.807, 2.05) is 0 Å². The number of hydrogen-bond acceptors (Lipinski definition) is 3. The van der Waals surface area contributed by atoms with Crippen LogP contribution in [-0.2, 0) is 4.74 Å². The van der Waals surface area contributed by atoms with E-state index in [9.17, 15) is 0 Å². The number of hydrogen-bond donors (Lipinski definition) is 1. The van der Waals surface area contributed by atoms with Crippen molar-refractivity contribution in [1.82, 2.24) is 4.90 Å². The molecule has 3 nitrogen and oxygen atoms in total. The molecule has 2 N–H and O–H groups in total. The van der Waals surface area contributed by atoms with Gasteiger partial charge in [-0.3, -0.25) is 4.90 Å². The van der Waals surface area contributed by atoms with Gasteiger partial charge in [0.15, 0.2) is 0 Å². The van der Waals surface area contributed by atoms with E-state index in [1.165, 1.54) is 19.4 Å². The topological polar surface area (TPSA) is 38.5 Å². The van der Waals surface area contributed by atoms with Crippen LogP contribution in [0.4, 0.5) is 0 Å². The third kappa shape index (κ3) is 2.58. The van der Waals surface area contributed by atoms with Crippen LogP contribution in [0.3, 0.4) is 0 Å². The summed E-state index contributed by atoms with van der Waals surface area (Å²) in [6.45, 7) is 9.63. The van der Waals surface area contributed by atoms with E-state index < -0.39 is 0 Å². The van der Waals surface area contributed by atoms with Gasteiger partial charge in [-0.2, -0.15) is 0 Å². The molecule has 3 atom stereocenters. The fourth-order valence-electron chi connectivity index (χ4n) is 3.12. The average Bonchev–Trinajstić information content (AvgIpc) is 2.72. The van der Waals surface area contributed by atoms with Gasteiger partial charge in [-0.05, 0) is 38.6 Å². The minimum atomic E-state index is 0.245. The lowest BCUT2D eigenvalue weighted by molar-refractivity contribution is 0.0629. The van der Waals surface area contributed by atoms with E-state index in [1.54, 1.807) is 0 Å². The summed E-state index contributed by atoms with van der Waals surface area (Å²) < 4.78 is 5.54. The summed E-state index contributed by atoms with van der Waals surface area (Å²) in [5, 5.41) is 0. The van der Waals surface area contributed by atoms with E-state index in [-0.39, 0.29) is 5.41 Å². The van der Waals surface area contributed by atoms with Crippen molar-refractivity contribution in [2.75, 3.05) is 32.8 Å². The second-order valence-electron chi connectivity index (χ2n) is 5.96. The Bertz CT molecular complexity index is 226. The Morgan fingerprint density at radius 2 is 2.25 bits per heavy atom. The molecule has 0 aromatic rings. The second kappa shape index (κ2) is 5.03. The molecule has 3 heteroatoms. The maximum absolute atomic E-state index is 5.95. The van der Waals surface area contributed by atoms with Crippen molar-refractivity contribution in [2.45, 2.75) is 39.2 Å². The summed E-state index contributed by atoms with van der Waals surface area (Å²) in [5.41, 5.74) is 6.20. The molecular weight excluding hydrogens is 200 g/mol. The molecule has 0 aromatic heterocycles. The maximum atomic E-state index is 5.95. The zero-order valence-electron chi connectivity index (χ0n) is 10.7. The third-order valence-electron chi connectivity index (χ3n) is 4.43. The summed E-state index contributed by atoms with van der Waals surface area (Å²) in [6.07, 6.45) is 3.82. The van der Waals surface area contributed by atoms with Crippen molar-refractivity contribution in [2.24, 2.45) is 17.1 Å². The molecule has 0 saturated carbocycles. The normalized spacial score (nSPS) is 41.4. The Morgan fingerprint density at radius 1 is 1.44 bits per heavy atom. The monoisotopic (exact) mass is 226 g/mol. The van der Waals surface area contributed by atoms with Crippen molar-refractivity contribution >= 4 is 0 Å². The smallest absolute Gasteiger partial charge is 0.0547 e. The van der Waals surface area contributed by atoms with Gasteiger partial charge in [0.1, 0.15) is 0 Å². The molecule has 94 valence electrons. The van der Waals surface area contributed by atoms with Gasteiger partial charge in [0, 0.05) is 31.2 Å². The Labute approximate surface area is 99.3 Å². The minimum Gasteiger partial charge on any atom is -0.381 e. The van der Waals surface area contributed by atoms with Gasteiger partial charge in [0.25, 0.3) is 0 Å². The second-order valence-corrected chi connectivity index (χ2v) is 5.96. The molecule has 2 saturated heterocycles. The maximum Gasteiger partial charge on any atom is 0.0547 e. The van der Waals surface area contributed by atoms with Gasteiger partial charge < -0.3 is 10.5 Å². The number of piperidine rings is 1. The molecule has 16 heavy (non-hydrogen) atoms. The molecule has 2 fully saturated rings. The van der Waals surface area contributed by atoms with Crippen molar-refractivity contribution in [3.05, 3.63) is 0 Å². The summed E-state index contributed by atoms with van der Waals surface area (Å²) in [4.78, 5) is 2.63. The highest BCUT2D eigenvalue weighted by Crippen LogP contribution is 2.32. The van der Waals surface area contributed by atoms with Crippen LogP contribution in [0.15, 0.2) is 0 Å². The average molecular weight is 226 g/mol. The van der Waals surface area contributed by atoms with E-state index in [0.717, 1.165) is 38.6 Å². The lowest BCUT2D eigenvalue weighted by Gasteiger charge is -2.41. The van der Waals surface area contributed by atoms with Crippen LogP contribution in [0.5, 0.6) is 0 Å². The summed E-state index contributed by atoms with van der Waals surface area (Å²) >= 11 is 0. The zero-order valence-corrected chi connectivity index (χ0v) is 10.7. The van der Waals surface area contributed by atoms with Gasteiger partial charge in [0.05, 0.1) is 6.61 Å². The molecule has 3 unspecified atom stereocenters. The molecule has 0 aliphatic carbocycles. The highest BCUT2D eigenvalue weighted by atomic mass is 16.5. The van der Waals surface area contributed by atoms with E-state index in [4.69, 9.17) is 10.5 Å². The third-order valence-corrected chi connectivity index (χ3v) is 4.43. The van der Waals surface area contributed by atoms with Crippen LogP contribution in [0.1, 0.15) is 33.1 Å². The van der Waals surface area contributed by atoms with Crippen LogP contribution in [0, 0.1) is 11.3 Å². The fourth-order valence-corrected chi connectivity index (χ4v) is 3.12. The van der Waals surface area contributed by atoms with Crippen LogP contribution >= 0.6 is 0 Å². The van der Waals surface area contributed by atoms with Gasteiger partial charge in [-0.1, -0.05) is 6.92 Å². The van der Waals surface area contributed by atoms with Gasteiger partial charge >= 0.3 is 0 Å². The van der Waals surface area contributed by atoms with E-state index in [2.05, 4.69) is 18.7 Å². The predicted octanol–water partition coefficient (Wildman–Crippen LogP) is 1.47. The fraction of sp³-hybridized carbons (Fsp3) is 1.00. The van der Waals surface area contributed by atoms with Gasteiger partial charge in [-0.15, -0.1) is 0 Å². The standard InChI is InChI=1S/C13H26N2O/c1-11-3-5-15(12(2)7-11)9-13(8-14)4-6-16-10-13/h11-12H,3-10,14H2,1-2H3. The Hall–Kier alpha value is -0.120. The first-order valence-corrected chi connectivity index (χ1v) is 6.67. The highest BCUT2D eigenvalue weighted by Gasteiger charge is 2.37. The number of nitrogens with two attached hydrogens (primary N) is 1. The Balaban J connectivity index is 1.92. The lowest BCUT2D eigenvalue weighted by Crippen LogP contribution is -2.49. The van der Waals surface area contributed by atoms with Crippen molar-refractivity contribution in [3.8, 4) is 0 Å². The largest absolute Gasteiger partial charge is 0.381 e. The van der Waals surface area contributed by atoms with Crippen molar-refractivity contribution in [1.29, 1.82) is 0 Å². The predicted molar refractivity (Wildman–Crippen MR) is 66.4 cm³/mol. The van der Waals surface area contributed by atoms with Crippen LogP contribution in [-0.4, -0.2) is 43.8 Å².